The van der Waals surface area contributed by atoms with Gasteiger partial charge >= 0.3 is 11.9 Å². The molecule has 2 aromatic heterocycles. The Hall–Kier alpha value is -3.53. The summed E-state index contributed by atoms with van der Waals surface area (Å²) in [5.41, 5.74) is 7.53. The van der Waals surface area contributed by atoms with Gasteiger partial charge in [-0.1, -0.05) is 30.3 Å². The van der Waals surface area contributed by atoms with E-state index < -0.39 is 11.9 Å². The Morgan fingerprint density at radius 1 is 1.13 bits per heavy atom. The van der Waals surface area contributed by atoms with Crippen LogP contribution in [0, 0.1) is 6.92 Å². The van der Waals surface area contributed by atoms with E-state index >= 15 is 0 Å². The van der Waals surface area contributed by atoms with Crippen molar-refractivity contribution in [2.45, 2.75) is 26.9 Å². The van der Waals surface area contributed by atoms with Gasteiger partial charge in [0, 0.05) is 0 Å². The largest absolute Gasteiger partial charge is 0.462 e. The Balaban J connectivity index is 1.58. The van der Waals surface area contributed by atoms with Crippen LogP contribution in [0.2, 0.25) is 0 Å². The third-order valence-corrected chi connectivity index (χ3v) is 5.49. The smallest absolute Gasteiger partial charge is 0.348 e. The summed E-state index contributed by atoms with van der Waals surface area (Å²) < 4.78 is 10.2. The highest BCUT2D eigenvalue weighted by Crippen LogP contribution is 2.33. The van der Waals surface area contributed by atoms with E-state index in [0.717, 1.165) is 16.9 Å². The minimum Gasteiger partial charge on any atom is -0.462 e. The van der Waals surface area contributed by atoms with E-state index in [0.29, 0.717) is 20.7 Å². The Morgan fingerprint density at radius 3 is 2.58 bits per heavy atom. The van der Waals surface area contributed by atoms with Crippen molar-refractivity contribution >= 4 is 45.2 Å². The number of aryl methyl sites for hydroxylation is 1. The lowest BCUT2D eigenvalue weighted by atomic mass is 10.1. The average molecular weight is 442 g/mol. The van der Waals surface area contributed by atoms with Gasteiger partial charge in [0.2, 0.25) is 5.91 Å². The fourth-order valence-corrected chi connectivity index (χ4v) is 3.98. The first-order chi connectivity index (χ1) is 14.9. The second kappa shape index (κ2) is 9.98. The molecule has 1 aromatic carbocycles. The molecule has 0 unspecified atom stereocenters. The number of nitrogens with one attached hydrogen (secondary N) is 1. The van der Waals surface area contributed by atoms with Crippen LogP contribution in [0.15, 0.2) is 30.3 Å². The molecule has 3 aromatic rings. The zero-order valence-electron chi connectivity index (χ0n) is 17.1. The van der Waals surface area contributed by atoms with Crippen molar-refractivity contribution in [2.24, 2.45) is 0 Å². The van der Waals surface area contributed by atoms with Crippen molar-refractivity contribution in [3.63, 3.8) is 0 Å². The minimum atomic E-state index is -0.627. The Bertz CT molecular complexity index is 1110. The first-order valence-corrected chi connectivity index (χ1v) is 10.4. The number of nitrogens with two attached hydrogens (primary N) is 1. The third-order valence-electron chi connectivity index (χ3n) is 4.32. The number of amides is 1. The summed E-state index contributed by atoms with van der Waals surface area (Å²) >= 11 is 1.15. The number of benzene rings is 1. The van der Waals surface area contributed by atoms with Gasteiger partial charge < -0.3 is 20.5 Å². The first kappa shape index (κ1) is 22.2. The van der Waals surface area contributed by atoms with Crippen LogP contribution in [0.4, 0.5) is 5.82 Å². The van der Waals surface area contributed by atoms with Crippen LogP contribution in [0.1, 0.15) is 33.5 Å². The molecule has 9 nitrogen and oxygen atoms in total. The maximum Gasteiger partial charge on any atom is 0.348 e. The molecule has 0 radical (unpaired) electrons. The molecular formula is C21H22N4O5S. The number of thiophene rings is 1. The highest BCUT2D eigenvalue weighted by molar-refractivity contribution is 7.20. The van der Waals surface area contributed by atoms with Crippen molar-refractivity contribution in [3.8, 4) is 0 Å². The number of fused-ring (bicyclic) bond motifs is 1. The lowest BCUT2D eigenvalue weighted by molar-refractivity contribution is -0.145. The number of hydrogen-bond acceptors (Lipinski definition) is 9. The van der Waals surface area contributed by atoms with E-state index in [1.54, 1.807) is 13.8 Å². The summed E-state index contributed by atoms with van der Waals surface area (Å²) in [6.45, 7) is 3.26. The van der Waals surface area contributed by atoms with Crippen molar-refractivity contribution < 1.29 is 23.9 Å². The second-order valence-electron chi connectivity index (χ2n) is 6.58. The highest BCUT2D eigenvalue weighted by atomic mass is 32.1. The molecule has 0 spiro atoms. The number of carbonyl (C=O) groups excluding carboxylic acids is 3. The molecule has 1 amide bonds. The van der Waals surface area contributed by atoms with Crippen molar-refractivity contribution in [1.29, 1.82) is 0 Å². The molecule has 0 bridgehead atoms. The SMILES string of the molecule is CCOC(=O)c1sc2nc(COC(=O)CNC(=O)Cc3ccccc3)nc(N)c2c1C. The molecule has 0 aliphatic heterocycles. The Morgan fingerprint density at radius 2 is 1.87 bits per heavy atom. The van der Waals surface area contributed by atoms with Gasteiger partial charge in [-0.05, 0) is 25.0 Å². The number of esters is 2. The monoisotopic (exact) mass is 442 g/mol. The van der Waals surface area contributed by atoms with E-state index in [2.05, 4.69) is 15.3 Å². The van der Waals surface area contributed by atoms with Gasteiger partial charge in [0.1, 0.15) is 22.1 Å². The number of aromatic nitrogens is 2. The zero-order chi connectivity index (χ0) is 22.4. The van der Waals surface area contributed by atoms with Gasteiger partial charge in [0.25, 0.3) is 0 Å². The molecule has 10 heteroatoms. The number of carbonyl (C=O) groups is 3. The van der Waals surface area contributed by atoms with Crippen LogP contribution in [-0.4, -0.2) is 41.0 Å². The molecule has 31 heavy (non-hydrogen) atoms. The molecule has 3 rings (SSSR count). The van der Waals surface area contributed by atoms with Crippen LogP contribution < -0.4 is 11.1 Å². The average Bonchev–Trinajstić information content (AvgIpc) is 3.08. The van der Waals surface area contributed by atoms with E-state index in [9.17, 15) is 14.4 Å². The topological polar surface area (TPSA) is 134 Å². The van der Waals surface area contributed by atoms with Crippen molar-refractivity contribution in [1.82, 2.24) is 15.3 Å². The fourth-order valence-electron chi connectivity index (χ4n) is 2.88. The predicted octanol–water partition coefficient (Wildman–Crippen LogP) is 2.16. The quantitative estimate of drug-likeness (QED) is 0.507. The summed E-state index contributed by atoms with van der Waals surface area (Å²) in [6.07, 6.45) is 0.172. The number of hydrogen-bond donors (Lipinski definition) is 2. The zero-order valence-corrected chi connectivity index (χ0v) is 18.0. The van der Waals surface area contributed by atoms with Gasteiger partial charge in [-0.2, -0.15) is 0 Å². The number of rotatable bonds is 8. The number of ether oxygens (including phenoxy) is 2. The van der Waals surface area contributed by atoms with E-state index in [4.69, 9.17) is 15.2 Å². The molecule has 162 valence electrons. The Kier molecular flexibility index (Phi) is 7.14. The molecule has 0 aliphatic rings. The normalized spacial score (nSPS) is 10.6. The van der Waals surface area contributed by atoms with Gasteiger partial charge in [-0.25, -0.2) is 14.8 Å². The fraction of sp³-hybridized carbons (Fsp3) is 0.286. The highest BCUT2D eigenvalue weighted by Gasteiger charge is 2.20. The van der Waals surface area contributed by atoms with E-state index in [-0.39, 0.29) is 43.7 Å². The molecule has 0 saturated carbocycles. The van der Waals surface area contributed by atoms with Crippen LogP contribution in [0.5, 0.6) is 0 Å². The maximum atomic E-state index is 12.1. The van der Waals surface area contributed by atoms with E-state index in [1.165, 1.54) is 0 Å². The molecule has 2 heterocycles. The Labute approximate surface area is 182 Å². The predicted molar refractivity (Wildman–Crippen MR) is 115 cm³/mol. The van der Waals surface area contributed by atoms with Crippen molar-refractivity contribution in [2.75, 3.05) is 18.9 Å². The lowest BCUT2D eigenvalue weighted by Crippen LogP contribution is -2.31. The molecule has 0 aliphatic carbocycles. The number of nitrogen functional groups attached to an aromatic ring is 1. The summed E-state index contributed by atoms with van der Waals surface area (Å²) in [5, 5.41) is 3.10. The number of anilines is 1. The van der Waals surface area contributed by atoms with Crippen LogP contribution >= 0.6 is 11.3 Å². The summed E-state index contributed by atoms with van der Waals surface area (Å²) in [6, 6.07) is 9.19. The number of nitrogens with zero attached hydrogens (tertiary/aromatic N) is 2. The molecule has 0 saturated heterocycles. The van der Waals surface area contributed by atoms with Crippen molar-refractivity contribution in [3.05, 3.63) is 52.2 Å². The summed E-state index contributed by atoms with van der Waals surface area (Å²) in [4.78, 5) is 45.4. The van der Waals surface area contributed by atoms with Gasteiger partial charge in [0.15, 0.2) is 12.4 Å². The summed E-state index contributed by atoms with van der Waals surface area (Å²) in [5.74, 6) is -0.965. The molecule has 3 N–H and O–H groups in total. The second-order valence-corrected chi connectivity index (χ2v) is 7.58. The van der Waals surface area contributed by atoms with Crippen LogP contribution in [0.3, 0.4) is 0 Å². The van der Waals surface area contributed by atoms with Crippen LogP contribution in [-0.2, 0) is 32.1 Å². The molecule has 0 atom stereocenters. The lowest BCUT2D eigenvalue weighted by Gasteiger charge is -2.07. The van der Waals surface area contributed by atoms with Gasteiger partial charge in [-0.15, -0.1) is 11.3 Å². The van der Waals surface area contributed by atoms with Gasteiger partial charge in [0.05, 0.1) is 18.4 Å². The van der Waals surface area contributed by atoms with E-state index in [1.807, 2.05) is 30.3 Å². The third kappa shape index (κ3) is 5.54. The van der Waals surface area contributed by atoms with Gasteiger partial charge in [-0.3, -0.25) is 9.59 Å². The molecular weight excluding hydrogens is 420 g/mol. The molecule has 0 fully saturated rings. The summed E-state index contributed by atoms with van der Waals surface area (Å²) in [7, 11) is 0. The standard InChI is InChI=1S/C21H22N4O5S/c1-3-29-21(28)18-12(2)17-19(22)24-14(25-20(17)31-18)11-30-16(27)10-23-15(26)9-13-7-5-4-6-8-13/h4-8H,3,9-11H2,1-2H3,(H,23,26)(H2,22,24,25). The van der Waals surface area contributed by atoms with Crippen LogP contribution in [0.25, 0.3) is 10.2 Å². The minimum absolute atomic E-state index is 0.172. The first-order valence-electron chi connectivity index (χ1n) is 9.57. The maximum absolute atomic E-state index is 12.1.